The molecule has 252 valence electrons. The smallest absolute Gasteiger partial charge is 0.164 e. The van der Waals surface area contributed by atoms with Crippen LogP contribution in [0.4, 0.5) is 0 Å². The van der Waals surface area contributed by atoms with E-state index in [0.29, 0.717) is 17.5 Å². The fourth-order valence-corrected chi connectivity index (χ4v) is 8.16. The molecule has 0 saturated heterocycles. The van der Waals surface area contributed by atoms with Crippen LogP contribution in [0.1, 0.15) is 22.3 Å². The fraction of sp³-hybridized carbons (Fsp3) is 0.0417. The molecule has 4 aromatic heterocycles. The van der Waals surface area contributed by atoms with Crippen LogP contribution >= 0.6 is 0 Å². The number of benzene rings is 5. The van der Waals surface area contributed by atoms with Crippen molar-refractivity contribution in [2.45, 2.75) is 12.8 Å². The van der Waals surface area contributed by atoms with E-state index >= 15 is 0 Å². The van der Waals surface area contributed by atoms with Crippen molar-refractivity contribution in [2.24, 2.45) is 0 Å². The molecule has 0 amide bonds. The van der Waals surface area contributed by atoms with Gasteiger partial charge in [-0.15, -0.1) is 0 Å². The van der Waals surface area contributed by atoms with E-state index < -0.39 is 0 Å². The van der Waals surface area contributed by atoms with E-state index in [4.69, 9.17) is 29.9 Å². The van der Waals surface area contributed by atoms with E-state index in [1.54, 1.807) is 0 Å². The molecule has 5 aromatic carbocycles. The van der Waals surface area contributed by atoms with Gasteiger partial charge in [0.2, 0.25) is 0 Å². The van der Waals surface area contributed by atoms with Crippen molar-refractivity contribution in [2.75, 3.05) is 0 Å². The van der Waals surface area contributed by atoms with Crippen LogP contribution in [0.5, 0.6) is 0 Å². The molecule has 0 bridgehead atoms. The number of allylic oxidation sites excluding steroid dienone is 2. The van der Waals surface area contributed by atoms with Crippen LogP contribution in [-0.2, 0) is 12.8 Å². The van der Waals surface area contributed by atoms with Gasteiger partial charge in [0, 0.05) is 51.6 Å². The number of rotatable bonds is 5. The molecule has 6 heteroatoms. The second-order valence-electron chi connectivity index (χ2n) is 13.9. The Morgan fingerprint density at radius 2 is 1.15 bits per heavy atom. The summed E-state index contributed by atoms with van der Waals surface area (Å²) in [5, 5.41) is 4.70. The van der Waals surface area contributed by atoms with Crippen LogP contribution < -0.4 is 0 Å². The van der Waals surface area contributed by atoms with E-state index in [0.717, 1.165) is 79.3 Å². The molecule has 6 nitrogen and oxygen atoms in total. The predicted octanol–water partition coefficient (Wildman–Crippen LogP) is 11.0. The summed E-state index contributed by atoms with van der Waals surface area (Å²) >= 11 is 0. The fourth-order valence-electron chi connectivity index (χ4n) is 8.16. The molecular formula is C48H30N6. The Hall–Kier alpha value is -7.18. The summed E-state index contributed by atoms with van der Waals surface area (Å²) in [6, 6.07) is 39.9. The van der Waals surface area contributed by atoms with Gasteiger partial charge in [0.1, 0.15) is 0 Å². The number of aromatic nitrogens is 6. The summed E-state index contributed by atoms with van der Waals surface area (Å²) < 4.78 is 0. The standard InChI is InChI=1S/C48H30N6/c1-2-10-31(11-3-1)46-52-47(54-48(53-46)40-27-32-14-6-12-29-19-20-30-13-7-16-37(40)43(30)42(29)32)36-25-34(24-35(26-36)41-18-4-5-21-49-41)39-28-33-15-8-22-50-44(33)45-38(39)17-9-23-51-45/h1-11,14-28H,12-13H2. The van der Waals surface area contributed by atoms with E-state index in [9.17, 15) is 0 Å². The minimum absolute atomic E-state index is 0.591. The lowest BCUT2D eigenvalue weighted by atomic mass is 9.82. The first-order valence-electron chi connectivity index (χ1n) is 18.2. The average Bonchev–Trinajstić information content (AvgIpc) is 3.25. The molecule has 0 aliphatic heterocycles. The summed E-state index contributed by atoms with van der Waals surface area (Å²) in [5.41, 5.74) is 13.5. The van der Waals surface area contributed by atoms with E-state index in [-0.39, 0.29) is 0 Å². The molecule has 0 saturated carbocycles. The first-order valence-corrected chi connectivity index (χ1v) is 18.2. The van der Waals surface area contributed by atoms with Gasteiger partial charge in [-0.1, -0.05) is 85.0 Å². The third-order valence-electron chi connectivity index (χ3n) is 10.6. The van der Waals surface area contributed by atoms with Crippen molar-refractivity contribution in [1.29, 1.82) is 0 Å². The Balaban J connectivity index is 1.19. The van der Waals surface area contributed by atoms with Crippen LogP contribution in [-0.4, -0.2) is 29.9 Å². The first-order chi connectivity index (χ1) is 26.7. The molecule has 0 fully saturated rings. The lowest BCUT2D eigenvalue weighted by Crippen LogP contribution is -2.05. The van der Waals surface area contributed by atoms with Crippen molar-refractivity contribution in [3.05, 3.63) is 168 Å². The number of pyridine rings is 3. The zero-order chi connectivity index (χ0) is 35.6. The van der Waals surface area contributed by atoms with Crippen molar-refractivity contribution in [1.82, 2.24) is 29.9 Å². The molecule has 54 heavy (non-hydrogen) atoms. The maximum Gasteiger partial charge on any atom is 0.164 e. The average molecular weight is 691 g/mol. The topological polar surface area (TPSA) is 77.3 Å². The Kier molecular flexibility index (Phi) is 6.89. The number of nitrogens with zero attached hydrogens (tertiary/aromatic N) is 6. The Labute approximate surface area is 311 Å². The van der Waals surface area contributed by atoms with Crippen LogP contribution in [0.15, 0.2) is 146 Å². The number of fused-ring (bicyclic) bond motifs is 3. The minimum atomic E-state index is 0.591. The van der Waals surface area contributed by atoms with Crippen molar-refractivity contribution in [3.8, 4) is 56.5 Å². The summed E-state index contributed by atoms with van der Waals surface area (Å²) in [5.74, 6) is 1.86. The summed E-state index contributed by atoms with van der Waals surface area (Å²) in [4.78, 5) is 30.0. The highest BCUT2D eigenvalue weighted by Crippen LogP contribution is 2.42. The van der Waals surface area contributed by atoms with Gasteiger partial charge < -0.3 is 0 Å². The minimum Gasteiger partial charge on any atom is -0.256 e. The second kappa shape index (κ2) is 12.2. The highest BCUT2D eigenvalue weighted by Gasteiger charge is 2.23. The number of hydrogen-bond donors (Lipinski definition) is 0. The van der Waals surface area contributed by atoms with E-state index in [1.165, 1.54) is 27.5 Å². The monoisotopic (exact) mass is 690 g/mol. The van der Waals surface area contributed by atoms with Crippen LogP contribution in [0.25, 0.3) is 101 Å². The zero-order valence-corrected chi connectivity index (χ0v) is 29.1. The normalized spacial score (nSPS) is 12.9. The van der Waals surface area contributed by atoms with E-state index in [1.807, 2.05) is 67.1 Å². The molecule has 0 radical (unpaired) electrons. The third-order valence-corrected chi connectivity index (χ3v) is 10.6. The molecule has 0 N–H and O–H groups in total. The maximum absolute atomic E-state index is 5.34. The van der Waals surface area contributed by atoms with Gasteiger partial charge in [-0.2, -0.15) is 0 Å². The zero-order valence-electron chi connectivity index (χ0n) is 29.1. The third kappa shape index (κ3) is 4.95. The van der Waals surface area contributed by atoms with Crippen molar-refractivity contribution in [3.63, 3.8) is 0 Å². The lowest BCUT2D eigenvalue weighted by Gasteiger charge is -2.22. The molecule has 11 rings (SSSR count). The second-order valence-corrected chi connectivity index (χ2v) is 13.9. The van der Waals surface area contributed by atoms with Crippen LogP contribution in [0, 0.1) is 0 Å². The van der Waals surface area contributed by atoms with Crippen molar-refractivity contribution < 1.29 is 0 Å². The molecule has 0 unspecified atom stereocenters. The van der Waals surface area contributed by atoms with Gasteiger partial charge in [0.25, 0.3) is 0 Å². The molecule has 4 heterocycles. The van der Waals surface area contributed by atoms with Gasteiger partial charge in [-0.3, -0.25) is 15.0 Å². The molecule has 9 aromatic rings. The molecule has 0 atom stereocenters. The Morgan fingerprint density at radius 3 is 2.00 bits per heavy atom. The summed E-state index contributed by atoms with van der Waals surface area (Å²) in [6.45, 7) is 0. The predicted molar refractivity (Wildman–Crippen MR) is 218 cm³/mol. The van der Waals surface area contributed by atoms with Crippen LogP contribution in [0.3, 0.4) is 0 Å². The maximum atomic E-state index is 5.34. The highest BCUT2D eigenvalue weighted by molar-refractivity contribution is 6.11. The summed E-state index contributed by atoms with van der Waals surface area (Å²) in [7, 11) is 0. The summed E-state index contributed by atoms with van der Waals surface area (Å²) in [6.07, 6.45) is 16.3. The molecule has 2 aliphatic carbocycles. The number of hydrogen-bond acceptors (Lipinski definition) is 6. The van der Waals surface area contributed by atoms with E-state index in [2.05, 4.69) is 91.0 Å². The van der Waals surface area contributed by atoms with Crippen molar-refractivity contribution >= 4 is 44.7 Å². The van der Waals surface area contributed by atoms with Gasteiger partial charge >= 0.3 is 0 Å². The largest absolute Gasteiger partial charge is 0.256 e. The van der Waals surface area contributed by atoms with Gasteiger partial charge in [0.15, 0.2) is 17.5 Å². The van der Waals surface area contributed by atoms with Gasteiger partial charge in [0.05, 0.1) is 16.7 Å². The van der Waals surface area contributed by atoms with Crippen LogP contribution in [0.2, 0.25) is 0 Å². The molecule has 0 spiro atoms. The van der Waals surface area contributed by atoms with Gasteiger partial charge in [-0.05, 0) is 112 Å². The quantitative estimate of drug-likeness (QED) is 0.167. The van der Waals surface area contributed by atoms with Gasteiger partial charge in [-0.25, -0.2) is 15.0 Å². The Bertz CT molecular complexity index is 3040. The lowest BCUT2D eigenvalue weighted by molar-refractivity contribution is 1.07. The molecule has 2 aliphatic rings. The SMILES string of the molecule is C1=Cc2cc(-c3nc(-c4ccccc4)nc(-c4cc(-c5ccccn5)cc(-c5cc6cccnc6c6ncccc56)c4)n3)c3c4c(ccc(c24)C1)CC=C3. The first kappa shape index (κ1) is 30.4. The molecular weight excluding hydrogens is 661 g/mol. The highest BCUT2D eigenvalue weighted by atomic mass is 15.0. The Morgan fingerprint density at radius 1 is 0.444 bits per heavy atom.